The van der Waals surface area contributed by atoms with Crippen LogP contribution in [0.25, 0.3) is 0 Å². The Labute approximate surface area is 124 Å². The number of nitrogens with one attached hydrogen (secondary N) is 1. The van der Waals surface area contributed by atoms with Gasteiger partial charge in [-0.15, -0.1) is 0 Å². The first kappa shape index (κ1) is 14.9. The quantitative estimate of drug-likeness (QED) is 0.880. The Hall–Kier alpha value is -2.50. The zero-order valence-electron chi connectivity index (χ0n) is 12.7. The number of aromatic nitrogens is 2. The minimum Gasteiger partial charge on any atom is -0.497 e. The van der Waals surface area contributed by atoms with Crippen LogP contribution in [-0.2, 0) is 0 Å². The SMILES string of the molecule is COc1ccc(OC)c(Nc2ncnc(N)c2C(C)C)c1. The molecule has 6 heteroatoms. The highest BCUT2D eigenvalue weighted by molar-refractivity contribution is 5.70. The molecule has 0 aliphatic rings. The van der Waals surface area contributed by atoms with Gasteiger partial charge in [0.2, 0.25) is 0 Å². The van der Waals surface area contributed by atoms with Crippen LogP contribution in [0.5, 0.6) is 11.5 Å². The molecule has 0 atom stereocenters. The average Bonchev–Trinajstić information content (AvgIpc) is 2.46. The molecule has 2 aromatic rings. The van der Waals surface area contributed by atoms with Crippen molar-refractivity contribution in [2.75, 3.05) is 25.3 Å². The van der Waals surface area contributed by atoms with E-state index >= 15 is 0 Å². The van der Waals surface area contributed by atoms with Gasteiger partial charge in [-0.2, -0.15) is 0 Å². The smallest absolute Gasteiger partial charge is 0.142 e. The second kappa shape index (κ2) is 6.30. The fourth-order valence-electron chi connectivity index (χ4n) is 2.12. The normalized spacial score (nSPS) is 10.5. The van der Waals surface area contributed by atoms with Gasteiger partial charge in [0.15, 0.2) is 0 Å². The van der Waals surface area contributed by atoms with Gasteiger partial charge in [-0.1, -0.05) is 13.8 Å². The average molecular weight is 288 g/mol. The molecule has 2 rings (SSSR count). The number of hydrogen-bond donors (Lipinski definition) is 2. The molecular weight excluding hydrogens is 268 g/mol. The van der Waals surface area contributed by atoms with Crippen molar-refractivity contribution in [2.45, 2.75) is 19.8 Å². The lowest BCUT2D eigenvalue weighted by atomic mass is 10.0. The van der Waals surface area contributed by atoms with Crippen LogP contribution in [0.1, 0.15) is 25.3 Å². The Morgan fingerprint density at radius 1 is 1.14 bits per heavy atom. The van der Waals surface area contributed by atoms with E-state index in [4.69, 9.17) is 15.2 Å². The standard InChI is InChI=1S/C15H20N4O2/c1-9(2)13-14(16)17-8-18-15(13)19-11-7-10(20-3)5-6-12(11)21-4/h5-9H,1-4H3,(H3,16,17,18,19). The summed E-state index contributed by atoms with van der Waals surface area (Å²) in [4.78, 5) is 8.34. The van der Waals surface area contributed by atoms with Crippen molar-refractivity contribution < 1.29 is 9.47 Å². The first-order valence-electron chi connectivity index (χ1n) is 6.66. The van der Waals surface area contributed by atoms with Crippen molar-refractivity contribution in [2.24, 2.45) is 0 Å². The second-order valence-corrected chi connectivity index (χ2v) is 4.87. The zero-order valence-corrected chi connectivity index (χ0v) is 12.7. The summed E-state index contributed by atoms with van der Waals surface area (Å²) in [6.07, 6.45) is 1.44. The molecule has 0 saturated heterocycles. The topological polar surface area (TPSA) is 82.3 Å². The van der Waals surface area contributed by atoms with E-state index in [0.29, 0.717) is 17.4 Å². The van der Waals surface area contributed by atoms with E-state index in [9.17, 15) is 0 Å². The number of nitrogen functional groups attached to an aromatic ring is 1. The van der Waals surface area contributed by atoms with E-state index in [2.05, 4.69) is 15.3 Å². The van der Waals surface area contributed by atoms with E-state index in [1.807, 2.05) is 32.0 Å². The molecule has 3 N–H and O–H groups in total. The van der Waals surface area contributed by atoms with Gasteiger partial charge in [0, 0.05) is 11.6 Å². The lowest BCUT2D eigenvalue weighted by Gasteiger charge is -2.17. The van der Waals surface area contributed by atoms with Crippen LogP contribution in [0, 0.1) is 0 Å². The number of nitrogens with two attached hydrogens (primary N) is 1. The molecule has 1 aromatic carbocycles. The molecule has 1 heterocycles. The largest absolute Gasteiger partial charge is 0.497 e. The zero-order chi connectivity index (χ0) is 15.4. The van der Waals surface area contributed by atoms with E-state index in [1.54, 1.807) is 14.2 Å². The molecule has 0 radical (unpaired) electrons. The van der Waals surface area contributed by atoms with Gasteiger partial charge in [-0.3, -0.25) is 0 Å². The predicted molar refractivity (Wildman–Crippen MR) is 83.4 cm³/mol. The highest BCUT2D eigenvalue weighted by Crippen LogP contribution is 2.34. The summed E-state index contributed by atoms with van der Waals surface area (Å²) in [5.74, 6) is 2.77. The van der Waals surface area contributed by atoms with Crippen LogP contribution in [0.3, 0.4) is 0 Å². The minimum absolute atomic E-state index is 0.199. The van der Waals surface area contributed by atoms with Crippen LogP contribution in [0.2, 0.25) is 0 Å². The highest BCUT2D eigenvalue weighted by atomic mass is 16.5. The van der Waals surface area contributed by atoms with Crippen LogP contribution in [-0.4, -0.2) is 24.2 Å². The van der Waals surface area contributed by atoms with Crippen molar-refractivity contribution in [3.8, 4) is 11.5 Å². The van der Waals surface area contributed by atoms with E-state index < -0.39 is 0 Å². The molecular formula is C15H20N4O2. The lowest BCUT2D eigenvalue weighted by Crippen LogP contribution is -2.07. The molecule has 0 saturated carbocycles. The van der Waals surface area contributed by atoms with Gasteiger partial charge in [0.25, 0.3) is 0 Å². The van der Waals surface area contributed by atoms with Gasteiger partial charge >= 0.3 is 0 Å². The van der Waals surface area contributed by atoms with Gasteiger partial charge in [0.1, 0.15) is 29.5 Å². The Morgan fingerprint density at radius 3 is 2.52 bits per heavy atom. The minimum atomic E-state index is 0.199. The molecule has 21 heavy (non-hydrogen) atoms. The van der Waals surface area contributed by atoms with Crippen LogP contribution < -0.4 is 20.5 Å². The predicted octanol–water partition coefficient (Wildman–Crippen LogP) is 2.94. The number of hydrogen-bond acceptors (Lipinski definition) is 6. The van der Waals surface area contributed by atoms with Crippen molar-refractivity contribution in [1.82, 2.24) is 9.97 Å². The Balaban J connectivity index is 2.45. The van der Waals surface area contributed by atoms with Gasteiger partial charge in [-0.25, -0.2) is 9.97 Å². The summed E-state index contributed by atoms with van der Waals surface area (Å²) in [5, 5.41) is 3.25. The third kappa shape index (κ3) is 3.16. The fourth-order valence-corrected chi connectivity index (χ4v) is 2.12. The monoisotopic (exact) mass is 288 g/mol. The number of benzene rings is 1. The second-order valence-electron chi connectivity index (χ2n) is 4.87. The Bertz CT molecular complexity index is 629. The lowest BCUT2D eigenvalue weighted by molar-refractivity contribution is 0.405. The van der Waals surface area contributed by atoms with Gasteiger partial charge < -0.3 is 20.5 Å². The number of anilines is 3. The van der Waals surface area contributed by atoms with Crippen LogP contribution >= 0.6 is 0 Å². The van der Waals surface area contributed by atoms with Crippen molar-refractivity contribution >= 4 is 17.3 Å². The van der Waals surface area contributed by atoms with E-state index in [1.165, 1.54) is 6.33 Å². The molecule has 0 amide bonds. The summed E-state index contributed by atoms with van der Waals surface area (Å²) >= 11 is 0. The Morgan fingerprint density at radius 2 is 1.90 bits per heavy atom. The summed E-state index contributed by atoms with van der Waals surface area (Å²) < 4.78 is 10.6. The summed E-state index contributed by atoms with van der Waals surface area (Å²) in [6.45, 7) is 4.09. The number of nitrogens with zero attached hydrogens (tertiary/aromatic N) is 2. The van der Waals surface area contributed by atoms with Crippen LogP contribution in [0.15, 0.2) is 24.5 Å². The van der Waals surface area contributed by atoms with Crippen molar-refractivity contribution in [3.63, 3.8) is 0 Å². The van der Waals surface area contributed by atoms with E-state index in [-0.39, 0.29) is 5.92 Å². The first-order valence-corrected chi connectivity index (χ1v) is 6.66. The molecule has 0 aliphatic carbocycles. The first-order chi connectivity index (χ1) is 10.1. The van der Waals surface area contributed by atoms with Crippen molar-refractivity contribution in [1.29, 1.82) is 0 Å². The summed E-state index contributed by atoms with van der Waals surface area (Å²) in [6, 6.07) is 5.52. The molecule has 0 bridgehead atoms. The maximum absolute atomic E-state index is 5.96. The molecule has 6 nitrogen and oxygen atoms in total. The fraction of sp³-hybridized carbons (Fsp3) is 0.333. The maximum atomic E-state index is 5.96. The summed E-state index contributed by atoms with van der Waals surface area (Å²) in [5.41, 5.74) is 7.59. The molecule has 0 spiro atoms. The molecule has 112 valence electrons. The molecule has 1 aromatic heterocycles. The van der Waals surface area contributed by atoms with Gasteiger partial charge in [-0.05, 0) is 18.1 Å². The maximum Gasteiger partial charge on any atom is 0.142 e. The van der Waals surface area contributed by atoms with Crippen LogP contribution in [0.4, 0.5) is 17.3 Å². The number of methoxy groups -OCH3 is 2. The number of ether oxygens (including phenoxy) is 2. The highest BCUT2D eigenvalue weighted by Gasteiger charge is 2.15. The van der Waals surface area contributed by atoms with Crippen molar-refractivity contribution in [3.05, 3.63) is 30.1 Å². The third-order valence-electron chi connectivity index (χ3n) is 3.15. The third-order valence-corrected chi connectivity index (χ3v) is 3.15. The Kier molecular flexibility index (Phi) is 4.47. The molecule has 0 aliphatic heterocycles. The molecule has 0 fully saturated rings. The summed E-state index contributed by atoms with van der Waals surface area (Å²) in [7, 11) is 3.23. The number of rotatable bonds is 5. The van der Waals surface area contributed by atoms with E-state index in [0.717, 1.165) is 17.0 Å². The molecule has 0 unspecified atom stereocenters. The van der Waals surface area contributed by atoms with Gasteiger partial charge in [0.05, 0.1) is 19.9 Å².